The molecule has 0 aliphatic rings. The van der Waals surface area contributed by atoms with E-state index in [1.807, 2.05) is 12.3 Å². The van der Waals surface area contributed by atoms with E-state index in [0.717, 1.165) is 31.9 Å². The van der Waals surface area contributed by atoms with Crippen LogP contribution in [-0.2, 0) is 5.41 Å². The molecule has 0 atom stereocenters. The average molecular weight is 342 g/mol. The van der Waals surface area contributed by atoms with Crippen molar-refractivity contribution in [2.24, 2.45) is 0 Å². The predicted octanol–water partition coefficient (Wildman–Crippen LogP) is 3.93. The number of hydrogen-bond acceptors (Lipinski definition) is 8. The second-order valence-corrected chi connectivity index (χ2v) is 8.63. The van der Waals surface area contributed by atoms with Crippen molar-refractivity contribution in [2.45, 2.75) is 46.8 Å². The van der Waals surface area contributed by atoms with Crippen LogP contribution < -0.4 is 5.32 Å². The van der Waals surface area contributed by atoms with Gasteiger partial charge in [-0.3, -0.25) is 0 Å². The van der Waals surface area contributed by atoms with E-state index in [9.17, 15) is 0 Å². The van der Waals surface area contributed by atoms with E-state index in [1.54, 1.807) is 23.1 Å². The molecule has 5 nitrogen and oxygen atoms in total. The van der Waals surface area contributed by atoms with Crippen LogP contribution in [0.3, 0.4) is 0 Å². The third-order valence-electron chi connectivity index (χ3n) is 2.49. The lowest BCUT2D eigenvalue weighted by Gasteiger charge is -2.18. The van der Waals surface area contributed by atoms with Gasteiger partial charge in [-0.05, 0) is 24.9 Å². The molecule has 2 heterocycles. The third kappa shape index (κ3) is 4.55. The number of nitrogens with one attached hydrogen (secondary N) is 1. The van der Waals surface area contributed by atoms with E-state index >= 15 is 0 Å². The maximum atomic E-state index is 4.66. The molecule has 0 fully saturated rings. The van der Waals surface area contributed by atoms with Crippen molar-refractivity contribution in [3.8, 4) is 0 Å². The van der Waals surface area contributed by atoms with Gasteiger partial charge < -0.3 is 5.32 Å². The molecule has 0 spiro atoms. The molecule has 0 saturated heterocycles. The predicted molar refractivity (Wildman–Crippen MR) is 90.7 cm³/mol. The lowest BCUT2D eigenvalue weighted by atomic mass is 9.96. The minimum absolute atomic E-state index is 0.0910. The van der Waals surface area contributed by atoms with Gasteiger partial charge in [0.1, 0.15) is 16.7 Å². The zero-order valence-corrected chi connectivity index (χ0v) is 15.2. The zero-order valence-electron chi connectivity index (χ0n) is 12.8. The molecule has 0 radical (unpaired) electrons. The van der Waals surface area contributed by atoms with Crippen molar-refractivity contribution in [3.63, 3.8) is 0 Å². The van der Waals surface area contributed by atoms with Crippen LogP contribution in [0.15, 0.2) is 19.8 Å². The Morgan fingerprint density at radius 3 is 2.48 bits per heavy atom. The van der Waals surface area contributed by atoms with Gasteiger partial charge in [0.2, 0.25) is 0 Å². The largest absolute Gasteiger partial charge is 0.370 e. The van der Waals surface area contributed by atoms with Gasteiger partial charge >= 0.3 is 0 Å². The molecule has 0 aliphatic carbocycles. The average Bonchev–Trinajstić information content (AvgIpc) is 2.85. The highest BCUT2D eigenvalue weighted by Crippen LogP contribution is 2.33. The van der Waals surface area contributed by atoms with E-state index in [2.05, 4.69) is 53.2 Å². The minimum atomic E-state index is -0.0910. The van der Waals surface area contributed by atoms with Gasteiger partial charge in [0.25, 0.3) is 0 Å². The summed E-state index contributed by atoms with van der Waals surface area (Å²) in [5.74, 6) is 1.69. The summed E-state index contributed by atoms with van der Waals surface area (Å²) in [5, 5.41) is 12.5. The summed E-state index contributed by atoms with van der Waals surface area (Å²) in [6.45, 7) is 9.23. The smallest absolute Gasteiger partial charge is 0.181 e. The fraction of sp³-hybridized carbons (Fsp3) is 0.538. The first kappa shape index (κ1) is 16.5. The molecule has 0 aliphatic heterocycles. The van der Waals surface area contributed by atoms with Crippen molar-refractivity contribution in [1.82, 2.24) is 20.2 Å². The highest BCUT2D eigenvalue weighted by atomic mass is 32.2. The zero-order chi connectivity index (χ0) is 15.5. The van der Waals surface area contributed by atoms with E-state index in [1.165, 1.54) is 11.8 Å². The van der Waals surface area contributed by atoms with Crippen LogP contribution in [0.1, 0.15) is 33.5 Å². The van der Waals surface area contributed by atoms with Crippen molar-refractivity contribution >= 4 is 40.7 Å². The van der Waals surface area contributed by atoms with Gasteiger partial charge in [-0.25, -0.2) is 9.97 Å². The molecule has 2 aromatic heterocycles. The summed E-state index contributed by atoms with van der Waals surface area (Å²) in [4.78, 5) is 9.25. The van der Waals surface area contributed by atoms with Gasteiger partial charge in [0.05, 0.1) is 0 Å². The molecule has 21 heavy (non-hydrogen) atoms. The van der Waals surface area contributed by atoms with Crippen LogP contribution in [0.2, 0.25) is 0 Å². The van der Waals surface area contributed by atoms with Gasteiger partial charge in [-0.1, -0.05) is 43.9 Å². The Labute approximate surface area is 137 Å². The van der Waals surface area contributed by atoms with Crippen LogP contribution >= 0.6 is 34.9 Å². The van der Waals surface area contributed by atoms with Gasteiger partial charge in [0, 0.05) is 18.0 Å². The molecule has 0 unspecified atom stereocenters. The molecule has 8 heteroatoms. The molecular weight excluding hydrogens is 322 g/mol. The van der Waals surface area contributed by atoms with Crippen LogP contribution in [0.5, 0.6) is 0 Å². The lowest BCUT2D eigenvalue weighted by molar-refractivity contribution is 0.539. The van der Waals surface area contributed by atoms with Crippen LogP contribution in [0.4, 0.5) is 5.82 Å². The normalized spacial score (nSPS) is 11.7. The number of anilines is 1. The first-order valence-corrected chi connectivity index (χ1v) is 9.47. The Morgan fingerprint density at radius 2 is 1.90 bits per heavy atom. The number of rotatable bonds is 5. The van der Waals surface area contributed by atoms with Crippen molar-refractivity contribution < 1.29 is 0 Å². The number of hydrogen-bond donors (Lipinski definition) is 1. The summed E-state index contributed by atoms with van der Waals surface area (Å²) in [5.41, 5.74) is -0.0910. The molecule has 0 aromatic carbocycles. The Bertz CT molecular complexity index is 606. The Balaban J connectivity index is 2.30. The first-order valence-electron chi connectivity index (χ1n) is 6.61. The maximum Gasteiger partial charge on any atom is 0.181 e. The summed E-state index contributed by atoms with van der Waals surface area (Å²) in [6, 6.07) is 1.96. The standard InChI is InChI=1S/C13H19N5S3/c1-6-14-8-7-9(16-10(15-8)13(2,3)4)20-12-18-17-11(19-5)21-12/h7H,6H2,1-5H3,(H,14,15,16). The second-order valence-electron chi connectivity index (χ2n) is 5.34. The first-order chi connectivity index (χ1) is 9.92. The third-order valence-corrected chi connectivity index (χ3v) is 5.35. The van der Waals surface area contributed by atoms with Gasteiger partial charge in [-0.2, -0.15) is 0 Å². The quantitative estimate of drug-likeness (QED) is 0.653. The van der Waals surface area contributed by atoms with E-state index < -0.39 is 0 Å². The molecule has 1 N–H and O–H groups in total. The Kier molecular flexibility index (Phi) is 5.45. The fourth-order valence-electron chi connectivity index (χ4n) is 1.49. The molecule has 114 valence electrons. The lowest BCUT2D eigenvalue weighted by Crippen LogP contribution is -2.17. The van der Waals surface area contributed by atoms with Crippen molar-refractivity contribution in [3.05, 3.63) is 11.9 Å². The highest BCUT2D eigenvalue weighted by Gasteiger charge is 2.20. The molecule has 2 rings (SSSR count). The maximum absolute atomic E-state index is 4.66. The number of thioether (sulfide) groups is 1. The highest BCUT2D eigenvalue weighted by molar-refractivity contribution is 8.02. The second kappa shape index (κ2) is 6.93. The number of aromatic nitrogens is 4. The Hall–Kier alpha value is -0.860. The minimum Gasteiger partial charge on any atom is -0.370 e. The van der Waals surface area contributed by atoms with E-state index in [-0.39, 0.29) is 5.41 Å². The summed E-state index contributed by atoms with van der Waals surface area (Å²) in [7, 11) is 0. The molecular formula is C13H19N5S3. The summed E-state index contributed by atoms with van der Waals surface area (Å²) >= 11 is 4.72. The molecule has 0 bridgehead atoms. The number of nitrogens with zero attached hydrogens (tertiary/aromatic N) is 4. The molecule has 2 aromatic rings. The van der Waals surface area contributed by atoms with Crippen molar-refractivity contribution in [1.29, 1.82) is 0 Å². The van der Waals surface area contributed by atoms with E-state index in [0.29, 0.717) is 0 Å². The topological polar surface area (TPSA) is 63.6 Å². The van der Waals surface area contributed by atoms with Crippen LogP contribution in [0, 0.1) is 0 Å². The van der Waals surface area contributed by atoms with E-state index in [4.69, 9.17) is 0 Å². The monoisotopic (exact) mass is 341 g/mol. The molecule has 0 amide bonds. The SMILES string of the molecule is CCNc1cc(Sc2nnc(SC)s2)nc(C(C)(C)C)n1. The van der Waals surface area contributed by atoms with Crippen molar-refractivity contribution in [2.75, 3.05) is 18.1 Å². The fourth-order valence-corrected chi connectivity index (χ4v) is 3.88. The van der Waals surface area contributed by atoms with Gasteiger partial charge in [-0.15, -0.1) is 10.2 Å². The summed E-state index contributed by atoms with van der Waals surface area (Å²) < 4.78 is 1.87. The summed E-state index contributed by atoms with van der Waals surface area (Å²) in [6.07, 6.45) is 2.00. The Morgan fingerprint density at radius 1 is 1.19 bits per heavy atom. The van der Waals surface area contributed by atoms with Crippen LogP contribution in [-0.4, -0.2) is 33.0 Å². The van der Waals surface area contributed by atoms with Gasteiger partial charge in [0.15, 0.2) is 8.68 Å². The van der Waals surface area contributed by atoms with Crippen LogP contribution in [0.25, 0.3) is 0 Å². The molecule has 0 saturated carbocycles.